The molecule has 35 heavy (non-hydrogen) atoms. The Morgan fingerprint density at radius 1 is 0.943 bits per heavy atom. The van der Waals surface area contributed by atoms with Crippen molar-refractivity contribution < 1.29 is 24.1 Å². The summed E-state index contributed by atoms with van der Waals surface area (Å²) < 4.78 is 18.2. The van der Waals surface area contributed by atoms with Gasteiger partial charge in [0, 0.05) is 6.21 Å². The molecule has 0 aliphatic carbocycles. The summed E-state index contributed by atoms with van der Waals surface area (Å²) in [4.78, 5) is 15.6. The standard InChI is InChI=1S/C28H22INO5/c1-33-26-16-20(15-25(29)27(26)34-18-19-7-9-21(10-8-19)28(31)32)17-30-22-11-13-24(14-12-22)35-23-5-3-2-4-6-23/h2-17H,18H2,1H3,(H,31,32). The molecule has 0 aliphatic heterocycles. The fraction of sp³-hybridized carbons (Fsp3) is 0.0714. The van der Waals surface area contributed by atoms with Gasteiger partial charge in [-0.1, -0.05) is 30.3 Å². The molecule has 0 aromatic heterocycles. The summed E-state index contributed by atoms with van der Waals surface area (Å²) in [6.07, 6.45) is 1.77. The average molecular weight is 579 g/mol. The van der Waals surface area contributed by atoms with Crippen LogP contribution in [-0.2, 0) is 6.61 Å². The first kappa shape index (κ1) is 24.3. The molecule has 0 aliphatic rings. The zero-order valence-corrected chi connectivity index (χ0v) is 21.0. The van der Waals surface area contributed by atoms with Crippen LogP contribution in [-0.4, -0.2) is 24.4 Å². The molecule has 4 aromatic carbocycles. The lowest BCUT2D eigenvalue weighted by atomic mass is 10.1. The molecular formula is C28H22INO5. The first-order valence-electron chi connectivity index (χ1n) is 10.7. The van der Waals surface area contributed by atoms with E-state index in [0.29, 0.717) is 11.5 Å². The van der Waals surface area contributed by atoms with Crippen LogP contribution in [0.2, 0.25) is 0 Å². The number of carboxylic acid groups (broad SMARTS) is 1. The van der Waals surface area contributed by atoms with E-state index < -0.39 is 5.97 Å². The lowest BCUT2D eigenvalue weighted by Crippen LogP contribution is -2.02. The van der Waals surface area contributed by atoms with Gasteiger partial charge in [-0.25, -0.2) is 4.79 Å². The number of aromatic carboxylic acids is 1. The van der Waals surface area contributed by atoms with E-state index in [0.717, 1.165) is 31.9 Å². The summed E-state index contributed by atoms with van der Waals surface area (Å²) in [5.41, 5.74) is 2.76. The lowest BCUT2D eigenvalue weighted by molar-refractivity contribution is 0.0697. The minimum atomic E-state index is -0.956. The first-order chi connectivity index (χ1) is 17.0. The highest BCUT2D eigenvalue weighted by Crippen LogP contribution is 2.34. The molecular weight excluding hydrogens is 557 g/mol. The largest absolute Gasteiger partial charge is 0.493 e. The Morgan fingerprint density at radius 2 is 1.63 bits per heavy atom. The second kappa shape index (κ2) is 11.5. The Labute approximate surface area is 217 Å². The number of para-hydroxylation sites is 1. The predicted molar refractivity (Wildman–Crippen MR) is 144 cm³/mol. The predicted octanol–water partition coefficient (Wildman–Crippen LogP) is 7.12. The summed E-state index contributed by atoms with van der Waals surface area (Å²) >= 11 is 2.20. The second-order valence-corrected chi connectivity index (χ2v) is 8.65. The number of halogens is 1. The van der Waals surface area contributed by atoms with Gasteiger partial charge in [-0.15, -0.1) is 0 Å². The molecule has 0 heterocycles. The van der Waals surface area contributed by atoms with Gasteiger partial charge < -0.3 is 19.3 Å². The quantitative estimate of drug-likeness (QED) is 0.169. The van der Waals surface area contributed by atoms with Crippen molar-refractivity contribution in [3.05, 3.63) is 111 Å². The molecule has 0 saturated carbocycles. The molecule has 0 radical (unpaired) electrons. The van der Waals surface area contributed by atoms with Crippen molar-refractivity contribution >= 4 is 40.5 Å². The van der Waals surface area contributed by atoms with Crippen LogP contribution in [0.1, 0.15) is 21.5 Å². The molecule has 7 heteroatoms. The second-order valence-electron chi connectivity index (χ2n) is 7.49. The normalized spacial score (nSPS) is 10.8. The Morgan fingerprint density at radius 3 is 2.29 bits per heavy atom. The lowest BCUT2D eigenvalue weighted by Gasteiger charge is -2.13. The molecule has 0 amide bonds. The monoisotopic (exact) mass is 579 g/mol. The minimum Gasteiger partial charge on any atom is -0.493 e. The molecule has 6 nitrogen and oxygen atoms in total. The summed E-state index contributed by atoms with van der Waals surface area (Å²) in [6, 6.07) is 27.6. The van der Waals surface area contributed by atoms with Gasteiger partial charge in [-0.05, 0) is 94.4 Å². The number of aliphatic imine (C=N–C) groups is 1. The van der Waals surface area contributed by atoms with E-state index in [1.54, 1.807) is 37.6 Å². The molecule has 0 unspecified atom stereocenters. The van der Waals surface area contributed by atoms with Gasteiger partial charge in [-0.3, -0.25) is 4.99 Å². The zero-order chi connectivity index (χ0) is 24.6. The van der Waals surface area contributed by atoms with E-state index in [1.165, 1.54) is 0 Å². The third kappa shape index (κ3) is 6.60. The maximum Gasteiger partial charge on any atom is 0.335 e. The van der Waals surface area contributed by atoms with E-state index in [2.05, 4.69) is 27.6 Å². The smallest absolute Gasteiger partial charge is 0.335 e. The Bertz CT molecular complexity index is 1320. The van der Waals surface area contributed by atoms with Crippen LogP contribution in [0.3, 0.4) is 0 Å². The van der Waals surface area contributed by atoms with E-state index >= 15 is 0 Å². The Balaban J connectivity index is 1.43. The first-order valence-corrected chi connectivity index (χ1v) is 11.8. The maximum absolute atomic E-state index is 11.0. The highest BCUT2D eigenvalue weighted by Gasteiger charge is 2.12. The molecule has 0 atom stereocenters. The summed E-state index contributed by atoms with van der Waals surface area (Å²) in [5.74, 6) is 1.78. The van der Waals surface area contributed by atoms with Crippen LogP contribution in [0.25, 0.3) is 0 Å². The fourth-order valence-electron chi connectivity index (χ4n) is 3.23. The number of nitrogens with zero attached hydrogens (tertiary/aromatic N) is 1. The fourth-order valence-corrected chi connectivity index (χ4v) is 4.01. The van der Waals surface area contributed by atoms with Gasteiger partial charge in [0.05, 0.1) is 21.9 Å². The minimum absolute atomic E-state index is 0.239. The molecule has 0 spiro atoms. The number of hydrogen-bond donors (Lipinski definition) is 1. The van der Waals surface area contributed by atoms with Gasteiger partial charge in [-0.2, -0.15) is 0 Å². The van der Waals surface area contributed by atoms with Crippen molar-refractivity contribution in [1.82, 2.24) is 0 Å². The molecule has 0 fully saturated rings. The Hall–Kier alpha value is -3.85. The van der Waals surface area contributed by atoms with Crippen LogP contribution in [0.4, 0.5) is 5.69 Å². The third-order valence-electron chi connectivity index (χ3n) is 5.01. The van der Waals surface area contributed by atoms with Gasteiger partial charge >= 0.3 is 5.97 Å². The van der Waals surface area contributed by atoms with E-state index in [9.17, 15) is 4.79 Å². The molecule has 4 rings (SSSR count). The van der Waals surface area contributed by atoms with Crippen LogP contribution in [0.5, 0.6) is 23.0 Å². The molecule has 176 valence electrons. The Kier molecular flexibility index (Phi) is 7.99. The molecule has 1 N–H and O–H groups in total. The van der Waals surface area contributed by atoms with E-state index in [4.69, 9.17) is 19.3 Å². The average Bonchev–Trinajstić information content (AvgIpc) is 2.88. The van der Waals surface area contributed by atoms with Crippen LogP contribution >= 0.6 is 22.6 Å². The SMILES string of the molecule is COc1cc(C=Nc2ccc(Oc3ccccc3)cc2)cc(I)c1OCc1ccc(C(=O)O)cc1. The summed E-state index contributed by atoms with van der Waals surface area (Å²) in [7, 11) is 1.59. The van der Waals surface area contributed by atoms with Crippen molar-refractivity contribution in [2.45, 2.75) is 6.61 Å². The van der Waals surface area contributed by atoms with Gasteiger partial charge in [0.1, 0.15) is 18.1 Å². The number of carbonyl (C=O) groups is 1. The number of ether oxygens (including phenoxy) is 3. The van der Waals surface area contributed by atoms with Gasteiger partial charge in [0.2, 0.25) is 0 Å². The van der Waals surface area contributed by atoms with Gasteiger partial charge in [0.15, 0.2) is 11.5 Å². The molecule has 0 bridgehead atoms. The van der Waals surface area contributed by atoms with Gasteiger partial charge in [0.25, 0.3) is 0 Å². The van der Waals surface area contributed by atoms with E-state index in [1.807, 2.05) is 66.7 Å². The maximum atomic E-state index is 11.0. The molecule has 0 saturated heterocycles. The highest BCUT2D eigenvalue weighted by atomic mass is 127. The van der Waals surface area contributed by atoms with Crippen molar-refractivity contribution in [3.63, 3.8) is 0 Å². The van der Waals surface area contributed by atoms with Crippen molar-refractivity contribution in [1.29, 1.82) is 0 Å². The highest BCUT2D eigenvalue weighted by molar-refractivity contribution is 14.1. The summed E-state index contributed by atoms with van der Waals surface area (Å²) in [6.45, 7) is 0.289. The van der Waals surface area contributed by atoms with Crippen LogP contribution < -0.4 is 14.2 Å². The van der Waals surface area contributed by atoms with Crippen molar-refractivity contribution in [3.8, 4) is 23.0 Å². The van der Waals surface area contributed by atoms with Crippen LogP contribution in [0.15, 0.2) is 96.0 Å². The topological polar surface area (TPSA) is 77.3 Å². The van der Waals surface area contributed by atoms with Crippen molar-refractivity contribution in [2.24, 2.45) is 4.99 Å². The zero-order valence-electron chi connectivity index (χ0n) is 18.9. The van der Waals surface area contributed by atoms with Crippen LogP contribution in [0, 0.1) is 3.57 Å². The third-order valence-corrected chi connectivity index (χ3v) is 5.82. The summed E-state index contributed by atoms with van der Waals surface area (Å²) in [5, 5.41) is 9.03. The number of benzene rings is 4. The number of methoxy groups -OCH3 is 1. The molecule has 4 aromatic rings. The van der Waals surface area contributed by atoms with E-state index in [-0.39, 0.29) is 12.2 Å². The number of carboxylic acids is 1. The number of hydrogen-bond acceptors (Lipinski definition) is 5. The van der Waals surface area contributed by atoms with Crippen molar-refractivity contribution in [2.75, 3.05) is 7.11 Å². The number of rotatable bonds is 9.